The first-order valence-corrected chi connectivity index (χ1v) is 6.10. The van der Waals surface area contributed by atoms with Crippen molar-refractivity contribution in [3.63, 3.8) is 0 Å². The number of aliphatic hydroxyl groups is 1. The molecule has 0 saturated carbocycles. The van der Waals surface area contributed by atoms with Gasteiger partial charge >= 0.3 is 6.03 Å². The van der Waals surface area contributed by atoms with E-state index in [0.717, 1.165) is 30.4 Å². The van der Waals surface area contributed by atoms with Crippen LogP contribution in [0.4, 0.5) is 4.79 Å². The second-order valence-electron chi connectivity index (χ2n) is 4.43. The van der Waals surface area contributed by atoms with Crippen LogP contribution >= 0.6 is 0 Å². The molecule has 0 fully saturated rings. The van der Waals surface area contributed by atoms with Crippen LogP contribution in [0, 0.1) is 0 Å². The lowest BCUT2D eigenvalue weighted by atomic mass is 9.89. The van der Waals surface area contributed by atoms with Crippen molar-refractivity contribution in [2.24, 2.45) is 5.73 Å². The minimum atomic E-state index is -0.904. The average Bonchev–Trinajstić information content (AvgIpc) is 2.36. The zero-order valence-electron chi connectivity index (χ0n) is 10.4. The monoisotopic (exact) mass is 264 g/mol. The van der Waals surface area contributed by atoms with Gasteiger partial charge in [0, 0.05) is 0 Å². The molecule has 4 N–H and O–H groups in total. The normalized spacial score (nSPS) is 17.4. The Kier molecular flexibility index (Phi) is 4.01. The molecule has 0 aliphatic heterocycles. The van der Waals surface area contributed by atoms with E-state index >= 15 is 0 Å². The molecule has 0 aromatic heterocycles. The van der Waals surface area contributed by atoms with Crippen molar-refractivity contribution in [3.8, 4) is 5.75 Å². The SMILES string of the molecule is NC(=O)NC(=O)COc1cccc2c1CCC[C@@H]2O. The Morgan fingerprint density at radius 2 is 2.26 bits per heavy atom. The van der Waals surface area contributed by atoms with Gasteiger partial charge in [0.1, 0.15) is 5.75 Å². The fraction of sp³-hybridized carbons (Fsp3) is 0.385. The number of amides is 3. The van der Waals surface area contributed by atoms with Crippen molar-refractivity contribution in [2.45, 2.75) is 25.4 Å². The number of carbonyl (C=O) groups excluding carboxylic acids is 2. The van der Waals surface area contributed by atoms with E-state index in [2.05, 4.69) is 0 Å². The molecule has 1 aliphatic rings. The zero-order valence-corrected chi connectivity index (χ0v) is 10.4. The third-order valence-electron chi connectivity index (χ3n) is 3.05. The lowest BCUT2D eigenvalue weighted by molar-refractivity contribution is -0.121. The molecular formula is C13H16N2O4. The predicted octanol–water partition coefficient (Wildman–Crippen LogP) is 0.630. The number of hydrogen-bond acceptors (Lipinski definition) is 4. The largest absolute Gasteiger partial charge is 0.483 e. The molecular weight excluding hydrogens is 248 g/mol. The minimum Gasteiger partial charge on any atom is -0.483 e. The van der Waals surface area contributed by atoms with Crippen LogP contribution in [0.2, 0.25) is 0 Å². The second kappa shape index (κ2) is 5.71. The first-order chi connectivity index (χ1) is 9.08. The molecule has 0 saturated heterocycles. The highest BCUT2D eigenvalue weighted by Crippen LogP contribution is 2.35. The standard InChI is InChI=1S/C13H16N2O4/c14-13(18)15-12(17)7-19-11-6-2-3-8-9(11)4-1-5-10(8)16/h2-3,6,10,16H,1,4-5,7H2,(H3,14,15,17,18)/t10-/m0/s1. The van der Waals surface area contributed by atoms with Gasteiger partial charge in [0.05, 0.1) is 6.10 Å². The second-order valence-corrected chi connectivity index (χ2v) is 4.43. The van der Waals surface area contributed by atoms with Crippen LogP contribution in [-0.2, 0) is 11.2 Å². The maximum Gasteiger partial charge on any atom is 0.318 e. The van der Waals surface area contributed by atoms with Gasteiger partial charge in [0.2, 0.25) is 0 Å². The van der Waals surface area contributed by atoms with Crippen LogP contribution in [0.5, 0.6) is 5.75 Å². The fourth-order valence-corrected chi connectivity index (χ4v) is 2.24. The Bertz CT molecular complexity index is 501. The molecule has 0 radical (unpaired) electrons. The number of aliphatic hydroxyl groups excluding tert-OH is 1. The summed E-state index contributed by atoms with van der Waals surface area (Å²) in [7, 11) is 0. The van der Waals surface area contributed by atoms with Gasteiger partial charge in [-0.05, 0) is 36.5 Å². The predicted molar refractivity (Wildman–Crippen MR) is 67.6 cm³/mol. The molecule has 6 heteroatoms. The number of ether oxygens (including phenoxy) is 1. The summed E-state index contributed by atoms with van der Waals surface area (Å²) in [6.07, 6.45) is 1.94. The summed E-state index contributed by atoms with van der Waals surface area (Å²) < 4.78 is 5.38. The molecule has 1 aliphatic carbocycles. The Hall–Kier alpha value is -2.08. The van der Waals surface area contributed by atoms with Gasteiger partial charge in [0.15, 0.2) is 6.61 Å². The molecule has 0 bridgehead atoms. The van der Waals surface area contributed by atoms with Crippen molar-refractivity contribution in [1.82, 2.24) is 5.32 Å². The number of primary amides is 1. The maximum atomic E-state index is 11.3. The van der Waals surface area contributed by atoms with Crippen molar-refractivity contribution < 1.29 is 19.4 Å². The summed E-state index contributed by atoms with van der Waals surface area (Å²) in [5.41, 5.74) is 6.60. The summed E-state index contributed by atoms with van der Waals surface area (Å²) >= 11 is 0. The van der Waals surface area contributed by atoms with Crippen LogP contribution < -0.4 is 15.8 Å². The highest BCUT2D eigenvalue weighted by Gasteiger charge is 2.21. The van der Waals surface area contributed by atoms with E-state index in [1.807, 2.05) is 11.4 Å². The molecule has 3 amide bonds. The van der Waals surface area contributed by atoms with Gasteiger partial charge in [-0.2, -0.15) is 0 Å². The van der Waals surface area contributed by atoms with Gasteiger partial charge in [-0.25, -0.2) is 4.79 Å². The summed E-state index contributed by atoms with van der Waals surface area (Å²) in [5.74, 6) is -0.0302. The number of imide groups is 1. The molecule has 0 heterocycles. The molecule has 0 spiro atoms. The number of urea groups is 1. The topological polar surface area (TPSA) is 102 Å². The van der Waals surface area contributed by atoms with Crippen LogP contribution in [-0.4, -0.2) is 23.7 Å². The Labute approximate surface area is 110 Å². The van der Waals surface area contributed by atoms with Gasteiger partial charge in [-0.1, -0.05) is 12.1 Å². The first kappa shape index (κ1) is 13.4. The van der Waals surface area contributed by atoms with Crippen molar-refractivity contribution in [1.29, 1.82) is 0 Å². The number of nitrogens with one attached hydrogen (secondary N) is 1. The number of nitrogens with two attached hydrogens (primary N) is 1. The number of hydrogen-bond donors (Lipinski definition) is 3. The number of benzene rings is 1. The molecule has 0 unspecified atom stereocenters. The van der Waals surface area contributed by atoms with E-state index < -0.39 is 18.0 Å². The summed E-state index contributed by atoms with van der Waals surface area (Å²) in [6, 6.07) is 4.47. The highest BCUT2D eigenvalue weighted by atomic mass is 16.5. The van der Waals surface area contributed by atoms with Gasteiger partial charge in [0.25, 0.3) is 5.91 Å². The third-order valence-corrected chi connectivity index (χ3v) is 3.05. The Morgan fingerprint density at radius 3 is 3.00 bits per heavy atom. The number of carbonyl (C=O) groups is 2. The van der Waals surface area contributed by atoms with E-state index in [1.165, 1.54) is 0 Å². The van der Waals surface area contributed by atoms with Crippen LogP contribution in [0.1, 0.15) is 30.1 Å². The van der Waals surface area contributed by atoms with Crippen molar-refractivity contribution in [2.75, 3.05) is 6.61 Å². The minimum absolute atomic E-state index is 0.282. The molecule has 1 aromatic carbocycles. The van der Waals surface area contributed by atoms with Gasteiger partial charge in [-0.3, -0.25) is 10.1 Å². The molecule has 102 valence electrons. The summed E-state index contributed by atoms with van der Waals surface area (Å²) in [5, 5.41) is 11.8. The molecule has 1 atom stereocenters. The highest BCUT2D eigenvalue weighted by molar-refractivity contribution is 5.94. The molecule has 6 nitrogen and oxygen atoms in total. The molecule has 19 heavy (non-hydrogen) atoms. The number of rotatable bonds is 3. The number of fused-ring (bicyclic) bond motifs is 1. The van der Waals surface area contributed by atoms with Crippen LogP contribution in [0.3, 0.4) is 0 Å². The quantitative estimate of drug-likeness (QED) is 0.745. The van der Waals surface area contributed by atoms with Gasteiger partial charge < -0.3 is 15.6 Å². The third kappa shape index (κ3) is 3.23. The summed E-state index contributed by atoms with van der Waals surface area (Å²) in [6.45, 7) is -0.282. The summed E-state index contributed by atoms with van der Waals surface area (Å²) in [4.78, 5) is 21.8. The average molecular weight is 264 g/mol. The lowest BCUT2D eigenvalue weighted by Crippen LogP contribution is -2.38. The Morgan fingerprint density at radius 1 is 1.47 bits per heavy atom. The van der Waals surface area contributed by atoms with E-state index in [4.69, 9.17) is 10.5 Å². The lowest BCUT2D eigenvalue weighted by Gasteiger charge is -2.23. The molecule has 2 rings (SSSR count). The zero-order chi connectivity index (χ0) is 13.8. The van der Waals surface area contributed by atoms with Gasteiger partial charge in [-0.15, -0.1) is 0 Å². The maximum absolute atomic E-state index is 11.3. The van der Waals surface area contributed by atoms with E-state index in [9.17, 15) is 14.7 Å². The van der Waals surface area contributed by atoms with E-state index in [1.54, 1.807) is 12.1 Å². The van der Waals surface area contributed by atoms with E-state index in [-0.39, 0.29) is 6.61 Å². The smallest absolute Gasteiger partial charge is 0.318 e. The van der Waals surface area contributed by atoms with Crippen LogP contribution in [0.25, 0.3) is 0 Å². The van der Waals surface area contributed by atoms with Crippen molar-refractivity contribution in [3.05, 3.63) is 29.3 Å². The first-order valence-electron chi connectivity index (χ1n) is 6.10. The fourth-order valence-electron chi connectivity index (χ4n) is 2.24. The van der Waals surface area contributed by atoms with E-state index in [0.29, 0.717) is 5.75 Å². The van der Waals surface area contributed by atoms with Crippen molar-refractivity contribution >= 4 is 11.9 Å². The Balaban J connectivity index is 2.07. The molecule has 1 aromatic rings. The van der Waals surface area contributed by atoms with Crippen LogP contribution in [0.15, 0.2) is 18.2 Å².